The number of rotatable bonds is 1. The van der Waals surface area contributed by atoms with Crippen LogP contribution in [0.1, 0.15) is 20.8 Å². The number of carbonyl (C=O) groups is 1. The molecule has 0 radical (unpaired) electrons. The third-order valence-electron chi connectivity index (χ3n) is 2.38. The molecule has 0 aliphatic heterocycles. The summed E-state index contributed by atoms with van der Waals surface area (Å²) in [6.07, 6.45) is 2.74. The van der Waals surface area contributed by atoms with Crippen molar-refractivity contribution in [2.45, 2.75) is 26.4 Å². The van der Waals surface area contributed by atoms with E-state index in [1.807, 2.05) is 45.0 Å². The third-order valence-corrected chi connectivity index (χ3v) is 2.38. The van der Waals surface area contributed by atoms with Gasteiger partial charge >= 0.3 is 6.09 Å². The molecule has 2 rings (SSSR count). The number of anilines is 1. The Morgan fingerprint density at radius 3 is 2.68 bits per heavy atom. The van der Waals surface area contributed by atoms with Crippen LogP contribution < -0.4 is 5.73 Å². The molecule has 1 heterocycles. The van der Waals surface area contributed by atoms with Crippen molar-refractivity contribution < 1.29 is 9.53 Å². The Morgan fingerprint density at radius 1 is 1.32 bits per heavy atom. The zero-order valence-electron chi connectivity index (χ0n) is 11.3. The second-order valence-electron chi connectivity index (χ2n) is 5.28. The van der Waals surface area contributed by atoms with Crippen molar-refractivity contribution in [2.75, 3.05) is 5.73 Å². The van der Waals surface area contributed by atoms with Gasteiger partial charge in [-0.05, 0) is 38.5 Å². The number of hydrogen-bond acceptors (Lipinski definition) is 4. The molecule has 0 spiro atoms. The van der Waals surface area contributed by atoms with Crippen molar-refractivity contribution in [3.63, 3.8) is 0 Å². The standard InChI is InChI=1S/C14H17N3O2/c1-14(2,3)19-13(18)17-9-11(8-16-17)10-5-4-6-12(15)7-10/h4-9H,15H2,1-3H3. The second-order valence-corrected chi connectivity index (χ2v) is 5.28. The molecule has 0 aliphatic rings. The molecule has 0 saturated carbocycles. The van der Waals surface area contributed by atoms with Crippen molar-refractivity contribution in [2.24, 2.45) is 0 Å². The number of hydrogen-bond donors (Lipinski definition) is 1. The van der Waals surface area contributed by atoms with E-state index in [1.54, 1.807) is 12.4 Å². The van der Waals surface area contributed by atoms with E-state index in [2.05, 4.69) is 5.10 Å². The van der Waals surface area contributed by atoms with E-state index in [1.165, 1.54) is 4.68 Å². The molecule has 0 atom stereocenters. The van der Waals surface area contributed by atoms with Crippen LogP contribution in [0, 0.1) is 0 Å². The average Bonchev–Trinajstić information content (AvgIpc) is 2.75. The molecule has 0 saturated heterocycles. The van der Waals surface area contributed by atoms with Gasteiger partial charge in [0.25, 0.3) is 0 Å². The van der Waals surface area contributed by atoms with Crippen LogP contribution in [0.25, 0.3) is 11.1 Å². The molecule has 0 fully saturated rings. The Morgan fingerprint density at radius 2 is 2.05 bits per heavy atom. The molecule has 0 aliphatic carbocycles. The summed E-state index contributed by atoms with van der Waals surface area (Å²) in [5.41, 5.74) is 7.58. The van der Waals surface area contributed by atoms with Gasteiger partial charge in [0.2, 0.25) is 0 Å². The number of nitrogens with two attached hydrogens (primary N) is 1. The number of aromatic nitrogens is 2. The van der Waals surface area contributed by atoms with Crippen LogP contribution in [0.2, 0.25) is 0 Å². The fourth-order valence-electron chi connectivity index (χ4n) is 1.60. The van der Waals surface area contributed by atoms with E-state index in [-0.39, 0.29) is 0 Å². The Bertz CT molecular complexity index is 597. The predicted octanol–water partition coefficient (Wildman–Crippen LogP) is 2.92. The predicted molar refractivity (Wildman–Crippen MR) is 73.7 cm³/mol. The van der Waals surface area contributed by atoms with E-state index >= 15 is 0 Å². The molecular formula is C14H17N3O2. The topological polar surface area (TPSA) is 70.1 Å². The summed E-state index contributed by atoms with van der Waals surface area (Å²) in [7, 11) is 0. The quantitative estimate of drug-likeness (QED) is 0.799. The number of nitrogen functional groups attached to an aromatic ring is 1. The van der Waals surface area contributed by atoms with E-state index in [9.17, 15) is 4.79 Å². The zero-order valence-corrected chi connectivity index (χ0v) is 11.3. The van der Waals surface area contributed by atoms with Crippen LogP contribution >= 0.6 is 0 Å². The van der Waals surface area contributed by atoms with Crippen LogP contribution in [0.5, 0.6) is 0 Å². The van der Waals surface area contributed by atoms with Crippen LogP contribution in [0.3, 0.4) is 0 Å². The van der Waals surface area contributed by atoms with Crippen molar-refractivity contribution in [1.29, 1.82) is 0 Å². The Hall–Kier alpha value is -2.30. The molecule has 2 aromatic rings. The molecule has 1 aromatic carbocycles. The maximum atomic E-state index is 11.8. The molecule has 100 valence electrons. The number of benzene rings is 1. The average molecular weight is 259 g/mol. The van der Waals surface area contributed by atoms with Gasteiger partial charge in [-0.15, -0.1) is 0 Å². The monoisotopic (exact) mass is 259 g/mol. The lowest BCUT2D eigenvalue weighted by molar-refractivity contribution is 0.0514. The number of nitrogens with zero attached hydrogens (tertiary/aromatic N) is 2. The minimum absolute atomic E-state index is 0.498. The molecule has 19 heavy (non-hydrogen) atoms. The normalized spacial score (nSPS) is 11.3. The summed E-state index contributed by atoms with van der Waals surface area (Å²) < 4.78 is 6.42. The SMILES string of the molecule is CC(C)(C)OC(=O)n1cc(-c2cccc(N)c2)cn1. The van der Waals surface area contributed by atoms with E-state index in [0.717, 1.165) is 11.1 Å². The highest BCUT2D eigenvalue weighted by Gasteiger charge is 2.18. The lowest BCUT2D eigenvalue weighted by Crippen LogP contribution is -2.27. The fraction of sp³-hybridized carbons (Fsp3) is 0.286. The lowest BCUT2D eigenvalue weighted by atomic mass is 10.1. The Balaban J connectivity index is 2.22. The summed E-state index contributed by atoms with van der Waals surface area (Å²) in [5, 5.41) is 4.01. The van der Waals surface area contributed by atoms with Crippen LogP contribution in [0.4, 0.5) is 10.5 Å². The summed E-state index contributed by atoms with van der Waals surface area (Å²) >= 11 is 0. The van der Waals surface area contributed by atoms with Gasteiger partial charge < -0.3 is 10.5 Å². The first-order chi connectivity index (χ1) is 8.85. The Labute approximate surface area is 112 Å². The number of ether oxygens (including phenoxy) is 1. The Kier molecular flexibility index (Phi) is 3.29. The molecule has 1 aromatic heterocycles. The molecule has 0 bridgehead atoms. The van der Waals surface area contributed by atoms with E-state index in [4.69, 9.17) is 10.5 Å². The highest BCUT2D eigenvalue weighted by atomic mass is 16.6. The first-order valence-corrected chi connectivity index (χ1v) is 5.99. The number of carbonyl (C=O) groups excluding carboxylic acids is 1. The van der Waals surface area contributed by atoms with Gasteiger partial charge in [0.05, 0.1) is 6.20 Å². The third kappa shape index (κ3) is 3.34. The smallest absolute Gasteiger partial charge is 0.435 e. The van der Waals surface area contributed by atoms with Crippen molar-refractivity contribution in [3.05, 3.63) is 36.7 Å². The van der Waals surface area contributed by atoms with Crippen LogP contribution in [-0.4, -0.2) is 21.5 Å². The first kappa shape index (κ1) is 13.1. The molecule has 0 amide bonds. The van der Waals surface area contributed by atoms with E-state index < -0.39 is 11.7 Å². The fourth-order valence-corrected chi connectivity index (χ4v) is 1.60. The highest BCUT2D eigenvalue weighted by molar-refractivity contribution is 5.73. The van der Waals surface area contributed by atoms with Crippen molar-refractivity contribution in [3.8, 4) is 11.1 Å². The van der Waals surface area contributed by atoms with Crippen molar-refractivity contribution >= 4 is 11.8 Å². The second kappa shape index (κ2) is 4.76. The molecule has 5 nitrogen and oxygen atoms in total. The highest BCUT2D eigenvalue weighted by Crippen LogP contribution is 2.21. The molecule has 5 heteroatoms. The maximum Gasteiger partial charge on any atom is 0.435 e. The summed E-state index contributed by atoms with van der Waals surface area (Å²) in [4.78, 5) is 11.8. The van der Waals surface area contributed by atoms with Crippen LogP contribution in [-0.2, 0) is 4.74 Å². The zero-order chi connectivity index (χ0) is 14.0. The van der Waals surface area contributed by atoms with Gasteiger partial charge in [-0.25, -0.2) is 4.79 Å². The summed E-state index contributed by atoms with van der Waals surface area (Å²) in [5.74, 6) is 0. The minimum atomic E-state index is -0.541. The van der Waals surface area contributed by atoms with Gasteiger partial charge in [-0.3, -0.25) is 0 Å². The van der Waals surface area contributed by atoms with Crippen molar-refractivity contribution in [1.82, 2.24) is 9.78 Å². The van der Waals surface area contributed by atoms with E-state index in [0.29, 0.717) is 5.69 Å². The van der Waals surface area contributed by atoms with Gasteiger partial charge in [-0.1, -0.05) is 12.1 Å². The van der Waals surface area contributed by atoms with Gasteiger partial charge in [0, 0.05) is 17.4 Å². The summed E-state index contributed by atoms with van der Waals surface area (Å²) in [6, 6.07) is 7.40. The minimum Gasteiger partial charge on any atom is -0.442 e. The largest absolute Gasteiger partial charge is 0.442 e. The van der Waals surface area contributed by atoms with Gasteiger partial charge in [0.15, 0.2) is 0 Å². The molecular weight excluding hydrogens is 242 g/mol. The van der Waals surface area contributed by atoms with Crippen LogP contribution in [0.15, 0.2) is 36.7 Å². The molecule has 0 unspecified atom stereocenters. The lowest BCUT2D eigenvalue weighted by Gasteiger charge is -2.18. The first-order valence-electron chi connectivity index (χ1n) is 5.99. The summed E-state index contributed by atoms with van der Waals surface area (Å²) in [6.45, 7) is 5.44. The molecule has 2 N–H and O–H groups in total. The van der Waals surface area contributed by atoms with Gasteiger partial charge in [-0.2, -0.15) is 9.78 Å². The maximum absolute atomic E-state index is 11.8. The van der Waals surface area contributed by atoms with Gasteiger partial charge in [0.1, 0.15) is 5.60 Å².